The molecule has 1 aromatic heterocycles. The van der Waals surface area contributed by atoms with Crippen LogP contribution in [-0.2, 0) is 16.6 Å². The van der Waals surface area contributed by atoms with Crippen molar-refractivity contribution in [1.82, 2.24) is 9.88 Å². The Morgan fingerprint density at radius 3 is 2.55 bits per heavy atom. The number of hydrogen-bond donors (Lipinski definition) is 2. The van der Waals surface area contributed by atoms with Gasteiger partial charge in [-0.15, -0.1) is 0 Å². The molecule has 7 heteroatoms. The van der Waals surface area contributed by atoms with Crippen molar-refractivity contribution in [3.05, 3.63) is 41.3 Å². The number of nitrogens with zero attached hydrogens (tertiary/aromatic N) is 1. The molecule has 2 N–H and O–H groups in total. The molecular weight excluding hydrogens is 278 g/mol. The molecule has 0 aliphatic carbocycles. The monoisotopic (exact) mass is 295 g/mol. The summed E-state index contributed by atoms with van der Waals surface area (Å²) in [5.41, 5.74) is 2.00. The summed E-state index contributed by atoms with van der Waals surface area (Å²) in [5, 5.41) is 6.67. The lowest BCUT2D eigenvalue weighted by molar-refractivity contribution is 0.392. The molecule has 1 aromatic carbocycles. The highest BCUT2D eigenvalue weighted by Gasteiger charge is 2.19. The van der Waals surface area contributed by atoms with Gasteiger partial charge in [0, 0.05) is 19.2 Å². The van der Waals surface area contributed by atoms with E-state index in [0.717, 1.165) is 5.56 Å². The molecule has 0 aliphatic heterocycles. The summed E-state index contributed by atoms with van der Waals surface area (Å²) < 4.78 is 32.2. The number of hydrogen-bond acceptors (Lipinski definition) is 5. The SMILES string of the molecule is CNc1ccccc1S(=O)(=O)NCc1c(C)noc1C. The molecule has 0 amide bonds. The quantitative estimate of drug-likeness (QED) is 0.879. The van der Waals surface area contributed by atoms with Crippen LogP contribution in [0, 0.1) is 13.8 Å². The Kier molecular flexibility index (Phi) is 4.10. The van der Waals surface area contributed by atoms with Crippen LogP contribution in [0.4, 0.5) is 5.69 Å². The maximum Gasteiger partial charge on any atom is 0.242 e. The molecule has 2 aromatic rings. The lowest BCUT2D eigenvalue weighted by Gasteiger charge is -2.10. The van der Waals surface area contributed by atoms with Crippen LogP contribution < -0.4 is 10.0 Å². The number of rotatable bonds is 5. The Hall–Kier alpha value is -1.86. The molecule has 0 saturated carbocycles. The van der Waals surface area contributed by atoms with Crippen LogP contribution in [0.1, 0.15) is 17.0 Å². The minimum Gasteiger partial charge on any atom is -0.387 e. The van der Waals surface area contributed by atoms with Gasteiger partial charge in [-0.25, -0.2) is 13.1 Å². The van der Waals surface area contributed by atoms with Gasteiger partial charge in [0.25, 0.3) is 0 Å². The van der Waals surface area contributed by atoms with Gasteiger partial charge in [-0.1, -0.05) is 17.3 Å². The van der Waals surface area contributed by atoms with Gasteiger partial charge in [0.1, 0.15) is 10.7 Å². The van der Waals surface area contributed by atoms with Crippen molar-refractivity contribution < 1.29 is 12.9 Å². The maximum atomic E-state index is 12.3. The summed E-state index contributed by atoms with van der Waals surface area (Å²) in [6.45, 7) is 3.69. The summed E-state index contributed by atoms with van der Waals surface area (Å²) in [6, 6.07) is 6.73. The fraction of sp³-hybridized carbons (Fsp3) is 0.308. The second-order valence-corrected chi connectivity index (χ2v) is 6.11. The summed E-state index contributed by atoms with van der Waals surface area (Å²) in [7, 11) is -1.91. The average Bonchev–Trinajstić information content (AvgIpc) is 2.76. The van der Waals surface area contributed by atoms with Gasteiger partial charge in [-0.2, -0.15) is 0 Å². The zero-order valence-corrected chi connectivity index (χ0v) is 12.4. The molecule has 20 heavy (non-hydrogen) atoms. The summed E-state index contributed by atoms with van der Waals surface area (Å²) in [6.07, 6.45) is 0. The predicted molar refractivity (Wildman–Crippen MR) is 76.0 cm³/mol. The van der Waals surface area contributed by atoms with Gasteiger partial charge < -0.3 is 9.84 Å². The van der Waals surface area contributed by atoms with Gasteiger partial charge in [-0.05, 0) is 26.0 Å². The third kappa shape index (κ3) is 2.83. The van der Waals surface area contributed by atoms with E-state index in [-0.39, 0.29) is 11.4 Å². The van der Waals surface area contributed by atoms with Gasteiger partial charge in [0.05, 0.1) is 11.4 Å². The number of aryl methyl sites for hydroxylation is 2. The van der Waals surface area contributed by atoms with E-state index in [4.69, 9.17) is 4.52 Å². The highest BCUT2D eigenvalue weighted by molar-refractivity contribution is 7.89. The molecule has 0 saturated heterocycles. The Labute approximate surface area is 118 Å². The van der Waals surface area contributed by atoms with Crippen LogP contribution in [-0.4, -0.2) is 20.6 Å². The summed E-state index contributed by atoms with van der Waals surface area (Å²) in [5.74, 6) is 0.618. The van der Waals surface area contributed by atoms with E-state index in [1.807, 2.05) is 0 Å². The van der Waals surface area contributed by atoms with E-state index < -0.39 is 10.0 Å². The van der Waals surface area contributed by atoms with Crippen molar-refractivity contribution in [2.75, 3.05) is 12.4 Å². The molecule has 1 heterocycles. The Balaban J connectivity index is 2.24. The molecule has 0 atom stereocenters. The third-order valence-electron chi connectivity index (χ3n) is 3.07. The van der Waals surface area contributed by atoms with Crippen molar-refractivity contribution in [2.24, 2.45) is 0 Å². The van der Waals surface area contributed by atoms with E-state index in [0.29, 0.717) is 17.1 Å². The van der Waals surface area contributed by atoms with E-state index >= 15 is 0 Å². The van der Waals surface area contributed by atoms with Crippen LogP contribution in [0.15, 0.2) is 33.7 Å². The van der Waals surface area contributed by atoms with Crippen molar-refractivity contribution >= 4 is 15.7 Å². The summed E-state index contributed by atoms with van der Waals surface area (Å²) in [4.78, 5) is 0.217. The molecule has 0 fully saturated rings. The number of aromatic nitrogens is 1. The van der Waals surface area contributed by atoms with Crippen molar-refractivity contribution in [1.29, 1.82) is 0 Å². The minimum atomic E-state index is -3.59. The van der Waals surface area contributed by atoms with Gasteiger partial charge in [0.2, 0.25) is 10.0 Å². The first kappa shape index (κ1) is 14.5. The van der Waals surface area contributed by atoms with Crippen molar-refractivity contribution in [3.8, 4) is 0 Å². The van der Waals surface area contributed by atoms with Gasteiger partial charge in [-0.3, -0.25) is 0 Å². The van der Waals surface area contributed by atoms with Crippen molar-refractivity contribution in [3.63, 3.8) is 0 Å². The first-order valence-electron chi connectivity index (χ1n) is 6.14. The first-order chi connectivity index (χ1) is 9.45. The lowest BCUT2D eigenvalue weighted by atomic mass is 10.2. The number of anilines is 1. The van der Waals surface area contributed by atoms with Crippen LogP contribution in [0.5, 0.6) is 0 Å². The highest BCUT2D eigenvalue weighted by atomic mass is 32.2. The van der Waals surface area contributed by atoms with Crippen LogP contribution in [0.2, 0.25) is 0 Å². The normalized spacial score (nSPS) is 11.6. The molecule has 2 rings (SSSR count). The van der Waals surface area contributed by atoms with E-state index in [1.165, 1.54) is 0 Å². The van der Waals surface area contributed by atoms with Gasteiger partial charge in [0.15, 0.2) is 0 Å². The minimum absolute atomic E-state index is 0.154. The molecule has 108 valence electrons. The fourth-order valence-corrected chi connectivity index (χ4v) is 3.11. The topological polar surface area (TPSA) is 84.2 Å². The second kappa shape index (κ2) is 5.64. The lowest BCUT2D eigenvalue weighted by Crippen LogP contribution is -2.24. The average molecular weight is 295 g/mol. The first-order valence-corrected chi connectivity index (χ1v) is 7.62. The standard InChI is InChI=1S/C13H17N3O3S/c1-9-11(10(2)19-16-9)8-15-20(17,18)13-7-5-4-6-12(13)14-3/h4-7,14-15H,8H2,1-3H3. The molecule has 0 bridgehead atoms. The number of sulfonamides is 1. The molecule has 0 unspecified atom stereocenters. The van der Waals surface area contributed by atoms with E-state index in [1.54, 1.807) is 45.2 Å². The van der Waals surface area contributed by atoms with Crippen molar-refractivity contribution in [2.45, 2.75) is 25.3 Å². The zero-order valence-electron chi connectivity index (χ0n) is 11.6. The van der Waals surface area contributed by atoms with E-state index in [9.17, 15) is 8.42 Å². The fourth-order valence-electron chi connectivity index (χ4n) is 1.91. The summed E-state index contributed by atoms with van der Waals surface area (Å²) >= 11 is 0. The number of nitrogens with one attached hydrogen (secondary N) is 2. The molecule has 0 radical (unpaired) electrons. The number of benzene rings is 1. The molecule has 0 spiro atoms. The third-order valence-corrected chi connectivity index (χ3v) is 4.53. The molecule has 0 aliphatic rings. The predicted octanol–water partition coefficient (Wildman–Crippen LogP) is 1.81. The molecule has 6 nitrogen and oxygen atoms in total. The Bertz CT molecular complexity index is 688. The largest absolute Gasteiger partial charge is 0.387 e. The smallest absolute Gasteiger partial charge is 0.242 e. The highest BCUT2D eigenvalue weighted by Crippen LogP contribution is 2.20. The molecular formula is C13H17N3O3S. The number of para-hydroxylation sites is 1. The maximum absolute atomic E-state index is 12.3. The van der Waals surface area contributed by atoms with Crippen LogP contribution in [0.25, 0.3) is 0 Å². The van der Waals surface area contributed by atoms with Gasteiger partial charge >= 0.3 is 0 Å². The zero-order chi connectivity index (χ0) is 14.8. The second-order valence-electron chi connectivity index (χ2n) is 4.37. The van der Waals surface area contributed by atoms with Crippen LogP contribution in [0.3, 0.4) is 0 Å². The Morgan fingerprint density at radius 2 is 1.95 bits per heavy atom. The Morgan fingerprint density at radius 1 is 1.25 bits per heavy atom. The van der Waals surface area contributed by atoms with E-state index in [2.05, 4.69) is 15.2 Å². The van der Waals surface area contributed by atoms with Crippen LogP contribution >= 0.6 is 0 Å².